The van der Waals surface area contributed by atoms with Crippen LogP contribution in [0.3, 0.4) is 0 Å². The number of carbonyl (C=O) groups excluding carboxylic acids is 1. The molecule has 60 valence electrons. The van der Waals surface area contributed by atoms with Crippen molar-refractivity contribution in [3.05, 3.63) is 0 Å². The van der Waals surface area contributed by atoms with Gasteiger partial charge in [-0.1, -0.05) is 31.9 Å². The lowest BCUT2D eigenvalue weighted by atomic mass is 10.3. The van der Waals surface area contributed by atoms with E-state index in [4.69, 9.17) is 4.74 Å². The van der Waals surface area contributed by atoms with E-state index in [9.17, 15) is 4.79 Å². The number of halogens is 2. The smallest absolute Gasteiger partial charge is 0.306 e. The first-order valence-electron chi connectivity index (χ1n) is 3.06. The molecule has 4 heteroatoms. The average molecular weight is 274 g/mol. The third-order valence-corrected chi connectivity index (χ3v) is 3.16. The van der Waals surface area contributed by atoms with Crippen LogP contribution in [0, 0.1) is 0 Å². The zero-order valence-electron chi connectivity index (χ0n) is 5.77. The summed E-state index contributed by atoms with van der Waals surface area (Å²) in [7, 11) is 0. The zero-order chi connectivity index (χ0) is 7.98. The number of hydrogen-bond donors (Lipinski definition) is 0. The van der Waals surface area contributed by atoms with Crippen LogP contribution in [0.5, 0.6) is 0 Å². The van der Waals surface area contributed by atoms with Crippen LogP contribution in [0.4, 0.5) is 0 Å². The summed E-state index contributed by atoms with van der Waals surface area (Å²) in [5.41, 5.74) is 0. The van der Waals surface area contributed by atoms with Gasteiger partial charge in [-0.15, -0.1) is 0 Å². The Kier molecular flexibility index (Phi) is 6.43. The predicted molar refractivity (Wildman–Crippen MR) is 47.8 cm³/mol. The van der Waals surface area contributed by atoms with Gasteiger partial charge in [0.25, 0.3) is 0 Å². The Morgan fingerprint density at radius 2 is 2.30 bits per heavy atom. The van der Waals surface area contributed by atoms with Gasteiger partial charge in [0, 0.05) is 10.2 Å². The van der Waals surface area contributed by atoms with Crippen LogP contribution in [-0.4, -0.2) is 22.7 Å². The quantitative estimate of drug-likeness (QED) is 0.579. The zero-order valence-corrected chi connectivity index (χ0v) is 8.94. The molecule has 0 aliphatic carbocycles. The van der Waals surface area contributed by atoms with E-state index in [1.165, 1.54) is 0 Å². The van der Waals surface area contributed by atoms with Crippen molar-refractivity contribution in [2.75, 3.05) is 11.9 Å². The summed E-state index contributed by atoms with van der Waals surface area (Å²) in [5.74, 6) is -0.149. The molecule has 0 saturated carbocycles. The fraction of sp³-hybridized carbons (Fsp3) is 0.833. The second-order valence-electron chi connectivity index (χ2n) is 1.76. The number of ether oxygens (including phenoxy) is 1. The van der Waals surface area contributed by atoms with Gasteiger partial charge in [0.05, 0.1) is 13.0 Å². The predicted octanol–water partition coefficient (Wildman–Crippen LogP) is 2.10. The monoisotopic (exact) mass is 272 g/mol. The van der Waals surface area contributed by atoms with Gasteiger partial charge in [-0.3, -0.25) is 4.79 Å². The van der Waals surface area contributed by atoms with Crippen molar-refractivity contribution >= 4 is 37.8 Å². The van der Waals surface area contributed by atoms with E-state index in [2.05, 4.69) is 31.9 Å². The van der Waals surface area contributed by atoms with Crippen molar-refractivity contribution < 1.29 is 9.53 Å². The highest BCUT2D eigenvalue weighted by atomic mass is 79.9. The van der Waals surface area contributed by atoms with Crippen LogP contribution in [0.2, 0.25) is 0 Å². The standard InChI is InChI=1S/C6H10Br2O2/c1-2-10-6(9)3-5(8)4-7/h5H,2-4H2,1H3. The summed E-state index contributed by atoms with van der Waals surface area (Å²) in [4.78, 5) is 10.9. The fourth-order valence-electron chi connectivity index (χ4n) is 0.455. The SMILES string of the molecule is CCOC(=O)CC(Br)CBr. The lowest BCUT2D eigenvalue weighted by molar-refractivity contribution is -0.142. The Morgan fingerprint density at radius 1 is 1.70 bits per heavy atom. The largest absolute Gasteiger partial charge is 0.466 e. The number of esters is 1. The van der Waals surface area contributed by atoms with Crippen molar-refractivity contribution in [2.45, 2.75) is 18.2 Å². The molecule has 0 saturated heterocycles. The number of alkyl halides is 2. The van der Waals surface area contributed by atoms with Gasteiger partial charge in [-0.2, -0.15) is 0 Å². The van der Waals surface area contributed by atoms with E-state index in [0.29, 0.717) is 13.0 Å². The lowest BCUT2D eigenvalue weighted by Gasteiger charge is -2.03. The van der Waals surface area contributed by atoms with Crippen molar-refractivity contribution in [2.24, 2.45) is 0 Å². The minimum absolute atomic E-state index is 0.149. The van der Waals surface area contributed by atoms with E-state index in [1.54, 1.807) is 6.92 Å². The molecular formula is C6H10Br2O2. The fourth-order valence-corrected chi connectivity index (χ4v) is 0.949. The summed E-state index contributed by atoms with van der Waals surface area (Å²) < 4.78 is 4.72. The molecule has 0 radical (unpaired) electrons. The van der Waals surface area contributed by atoms with E-state index in [0.717, 1.165) is 5.33 Å². The maximum atomic E-state index is 10.7. The van der Waals surface area contributed by atoms with Gasteiger partial charge in [-0.25, -0.2) is 0 Å². The van der Waals surface area contributed by atoms with Gasteiger partial charge >= 0.3 is 5.97 Å². The molecule has 0 fully saturated rings. The highest BCUT2D eigenvalue weighted by molar-refractivity contribution is 9.12. The van der Waals surface area contributed by atoms with Crippen molar-refractivity contribution in [1.29, 1.82) is 0 Å². The molecular weight excluding hydrogens is 264 g/mol. The minimum Gasteiger partial charge on any atom is -0.466 e. The van der Waals surface area contributed by atoms with Crippen molar-refractivity contribution in [3.63, 3.8) is 0 Å². The molecule has 0 heterocycles. The number of rotatable bonds is 4. The molecule has 0 amide bonds. The Hall–Kier alpha value is 0.430. The molecule has 10 heavy (non-hydrogen) atoms. The van der Waals surface area contributed by atoms with Crippen molar-refractivity contribution in [1.82, 2.24) is 0 Å². The molecule has 1 atom stereocenters. The van der Waals surface area contributed by atoms with Gasteiger partial charge < -0.3 is 4.74 Å². The van der Waals surface area contributed by atoms with E-state index >= 15 is 0 Å². The third kappa shape index (κ3) is 5.23. The summed E-state index contributed by atoms with van der Waals surface area (Å²) in [6.07, 6.45) is 0.430. The normalized spacial score (nSPS) is 12.7. The number of carbonyl (C=O) groups is 1. The Morgan fingerprint density at radius 3 is 2.70 bits per heavy atom. The van der Waals surface area contributed by atoms with Crippen LogP contribution in [-0.2, 0) is 9.53 Å². The molecule has 0 aliphatic heterocycles. The number of hydrogen-bond acceptors (Lipinski definition) is 2. The van der Waals surface area contributed by atoms with Crippen LogP contribution in [0.25, 0.3) is 0 Å². The Labute approximate surface area is 77.6 Å². The first kappa shape index (κ1) is 10.4. The highest BCUT2D eigenvalue weighted by Gasteiger charge is 2.08. The van der Waals surface area contributed by atoms with E-state index in [1.807, 2.05) is 0 Å². The Balaban J connectivity index is 3.37. The van der Waals surface area contributed by atoms with Gasteiger partial charge in [-0.05, 0) is 6.92 Å². The van der Waals surface area contributed by atoms with E-state index in [-0.39, 0.29) is 10.8 Å². The summed E-state index contributed by atoms with van der Waals surface area (Å²) in [6.45, 7) is 2.26. The van der Waals surface area contributed by atoms with Gasteiger partial charge in [0.15, 0.2) is 0 Å². The second kappa shape index (κ2) is 6.16. The lowest BCUT2D eigenvalue weighted by Crippen LogP contribution is -2.11. The molecule has 0 bridgehead atoms. The maximum Gasteiger partial charge on any atom is 0.306 e. The average Bonchev–Trinajstić information content (AvgIpc) is 1.88. The van der Waals surface area contributed by atoms with Gasteiger partial charge in [0.1, 0.15) is 0 Å². The van der Waals surface area contributed by atoms with Crippen LogP contribution >= 0.6 is 31.9 Å². The van der Waals surface area contributed by atoms with E-state index < -0.39 is 0 Å². The highest BCUT2D eigenvalue weighted by Crippen LogP contribution is 2.08. The molecule has 0 N–H and O–H groups in total. The van der Waals surface area contributed by atoms with Crippen LogP contribution in [0.1, 0.15) is 13.3 Å². The van der Waals surface area contributed by atoms with Gasteiger partial charge in [0.2, 0.25) is 0 Å². The van der Waals surface area contributed by atoms with Crippen LogP contribution < -0.4 is 0 Å². The molecule has 2 nitrogen and oxygen atoms in total. The second-order valence-corrected chi connectivity index (χ2v) is 3.70. The minimum atomic E-state index is -0.149. The topological polar surface area (TPSA) is 26.3 Å². The first-order valence-corrected chi connectivity index (χ1v) is 5.10. The molecule has 0 aliphatic rings. The molecule has 0 aromatic rings. The first-order chi connectivity index (χ1) is 4.70. The third-order valence-electron chi connectivity index (χ3n) is 0.861. The summed E-state index contributed by atoms with van der Waals surface area (Å²) in [5, 5.41) is 0.770. The molecule has 0 rings (SSSR count). The molecule has 0 aromatic heterocycles. The maximum absolute atomic E-state index is 10.7. The molecule has 1 unspecified atom stereocenters. The van der Waals surface area contributed by atoms with Crippen molar-refractivity contribution in [3.8, 4) is 0 Å². The summed E-state index contributed by atoms with van der Waals surface area (Å²) >= 11 is 6.54. The molecule has 0 aromatic carbocycles. The molecule has 0 spiro atoms. The Bertz CT molecular complexity index is 106. The summed E-state index contributed by atoms with van der Waals surface area (Å²) in [6, 6.07) is 0. The van der Waals surface area contributed by atoms with Crippen LogP contribution in [0.15, 0.2) is 0 Å².